The summed E-state index contributed by atoms with van der Waals surface area (Å²) in [6.45, 7) is 0. The van der Waals surface area contributed by atoms with Crippen molar-refractivity contribution in [3.63, 3.8) is 0 Å². The van der Waals surface area contributed by atoms with E-state index < -0.39 is 34.1 Å². The lowest BCUT2D eigenvalue weighted by molar-refractivity contribution is -0.0976. The number of aliphatic hydroxyl groups excluding tert-OH is 1. The van der Waals surface area contributed by atoms with Crippen molar-refractivity contribution in [3.05, 3.63) is 64.5 Å². The van der Waals surface area contributed by atoms with Gasteiger partial charge in [-0.05, 0) is 41.3 Å². The number of hydrogen-bond donors (Lipinski definition) is 1. The van der Waals surface area contributed by atoms with Crippen LogP contribution in [0, 0.1) is 5.82 Å². The van der Waals surface area contributed by atoms with Crippen molar-refractivity contribution < 1.29 is 26.7 Å². The Hall–Kier alpha value is -1.86. The molecular formula is C17H15F3O3S. The Bertz CT molecular complexity index is 890. The summed E-state index contributed by atoms with van der Waals surface area (Å²) in [6, 6.07) is 8.34. The van der Waals surface area contributed by atoms with E-state index in [1.165, 1.54) is 36.4 Å². The maximum Gasteiger partial charge on any atom is 0.281 e. The number of alkyl halides is 2. The summed E-state index contributed by atoms with van der Waals surface area (Å²) in [7, 11) is -3.75. The third-order valence-electron chi connectivity index (χ3n) is 4.21. The fourth-order valence-corrected chi connectivity index (χ4v) is 4.00. The second-order valence-electron chi connectivity index (χ2n) is 6.03. The highest BCUT2D eigenvalue weighted by molar-refractivity contribution is 7.90. The number of aliphatic hydroxyl groups is 1. The lowest BCUT2D eigenvalue weighted by Gasteiger charge is -2.15. The third kappa shape index (κ3) is 2.93. The molecule has 0 aromatic heterocycles. The number of rotatable bonds is 3. The zero-order valence-corrected chi connectivity index (χ0v) is 13.6. The largest absolute Gasteiger partial charge is 0.382 e. The molecule has 3 nitrogen and oxygen atoms in total. The summed E-state index contributed by atoms with van der Waals surface area (Å²) in [6.07, 6.45) is -1.70. The van der Waals surface area contributed by atoms with Gasteiger partial charge in [-0.1, -0.05) is 18.2 Å². The van der Waals surface area contributed by atoms with Gasteiger partial charge in [-0.2, -0.15) is 0 Å². The molecule has 0 amide bonds. The molecule has 1 aliphatic carbocycles. The van der Waals surface area contributed by atoms with Crippen LogP contribution >= 0.6 is 0 Å². The summed E-state index contributed by atoms with van der Waals surface area (Å²) in [4.78, 5) is -0.273. The highest BCUT2D eigenvalue weighted by Crippen LogP contribution is 2.47. The fourth-order valence-electron chi connectivity index (χ4n) is 3.05. The van der Waals surface area contributed by atoms with Crippen LogP contribution in [0.4, 0.5) is 13.2 Å². The van der Waals surface area contributed by atoms with E-state index >= 15 is 0 Å². The molecule has 0 radical (unpaired) electrons. The maximum absolute atomic E-state index is 14.0. The molecule has 128 valence electrons. The Morgan fingerprint density at radius 2 is 1.79 bits per heavy atom. The number of benzene rings is 2. The fraction of sp³-hybridized carbons (Fsp3) is 0.294. The molecule has 1 atom stereocenters. The van der Waals surface area contributed by atoms with E-state index in [-0.39, 0.29) is 22.4 Å². The van der Waals surface area contributed by atoms with E-state index in [2.05, 4.69) is 0 Å². The molecule has 0 saturated carbocycles. The van der Waals surface area contributed by atoms with Crippen LogP contribution in [0.3, 0.4) is 0 Å². The molecule has 1 unspecified atom stereocenters. The number of fused-ring (bicyclic) bond motifs is 1. The van der Waals surface area contributed by atoms with Gasteiger partial charge in [0.25, 0.3) is 5.92 Å². The molecule has 0 fully saturated rings. The van der Waals surface area contributed by atoms with E-state index in [0.29, 0.717) is 11.1 Å². The summed E-state index contributed by atoms with van der Waals surface area (Å²) < 4.78 is 64.7. The van der Waals surface area contributed by atoms with Gasteiger partial charge >= 0.3 is 0 Å². The second-order valence-corrected chi connectivity index (χ2v) is 8.01. The lowest BCUT2D eigenvalue weighted by atomic mass is 9.97. The average Bonchev–Trinajstić information content (AvgIpc) is 2.72. The Labute approximate surface area is 137 Å². The highest BCUT2D eigenvalue weighted by atomic mass is 32.2. The molecule has 1 aliphatic rings. The van der Waals surface area contributed by atoms with Crippen LogP contribution in [0.1, 0.15) is 28.4 Å². The van der Waals surface area contributed by atoms with Gasteiger partial charge in [-0.25, -0.2) is 21.6 Å². The molecule has 3 rings (SSSR count). The highest BCUT2D eigenvalue weighted by Gasteiger charge is 2.49. The first-order valence-electron chi connectivity index (χ1n) is 7.24. The van der Waals surface area contributed by atoms with E-state index in [1.54, 1.807) is 0 Å². The molecule has 24 heavy (non-hydrogen) atoms. The minimum absolute atomic E-state index is 0.153. The van der Waals surface area contributed by atoms with Gasteiger partial charge in [0, 0.05) is 18.2 Å². The zero-order chi connectivity index (χ0) is 17.7. The van der Waals surface area contributed by atoms with Crippen molar-refractivity contribution in [2.75, 3.05) is 6.26 Å². The summed E-state index contributed by atoms with van der Waals surface area (Å²) in [5, 5.41) is 9.92. The van der Waals surface area contributed by atoms with Crippen LogP contribution in [-0.4, -0.2) is 25.7 Å². The van der Waals surface area contributed by atoms with Crippen LogP contribution < -0.4 is 0 Å². The molecule has 7 heteroatoms. The second kappa shape index (κ2) is 5.60. The van der Waals surface area contributed by atoms with Crippen molar-refractivity contribution in [1.82, 2.24) is 0 Å². The van der Waals surface area contributed by atoms with Gasteiger partial charge < -0.3 is 5.11 Å². The Morgan fingerprint density at radius 1 is 1.17 bits per heavy atom. The predicted molar refractivity (Wildman–Crippen MR) is 82.4 cm³/mol. The van der Waals surface area contributed by atoms with Crippen molar-refractivity contribution in [1.29, 1.82) is 0 Å². The lowest BCUT2D eigenvalue weighted by Crippen LogP contribution is -2.22. The van der Waals surface area contributed by atoms with Crippen molar-refractivity contribution >= 4 is 9.84 Å². The maximum atomic E-state index is 14.0. The van der Waals surface area contributed by atoms with Crippen molar-refractivity contribution in [2.45, 2.75) is 29.8 Å². The van der Waals surface area contributed by atoms with Gasteiger partial charge in [0.2, 0.25) is 0 Å². The van der Waals surface area contributed by atoms with E-state index in [0.717, 1.165) is 6.26 Å². The first-order chi connectivity index (χ1) is 11.1. The summed E-state index contributed by atoms with van der Waals surface area (Å²) >= 11 is 0. The molecule has 0 aliphatic heterocycles. The monoisotopic (exact) mass is 356 g/mol. The van der Waals surface area contributed by atoms with Crippen LogP contribution in [0.15, 0.2) is 41.3 Å². The van der Waals surface area contributed by atoms with E-state index in [1.807, 2.05) is 0 Å². The Morgan fingerprint density at radius 3 is 2.38 bits per heavy atom. The minimum Gasteiger partial charge on any atom is -0.382 e. The number of halogens is 3. The van der Waals surface area contributed by atoms with E-state index in [4.69, 9.17) is 0 Å². The SMILES string of the molecule is CS(=O)(=O)c1ccc(Cc2ccc(F)cc2)c2c1C(O)C(F)(F)C2. The molecule has 0 spiro atoms. The molecule has 1 N–H and O–H groups in total. The van der Waals surface area contributed by atoms with Gasteiger partial charge in [0.1, 0.15) is 11.9 Å². The smallest absolute Gasteiger partial charge is 0.281 e. The first kappa shape index (κ1) is 17.0. The normalized spacial score (nSPS) is 19.3. The Balaban J connectivity index is 2.12. The standard InChI is InChI=1S/C17H15F3O3S/c1-24(22,23)14-7-4-11(8-10-2-5-12(18)6-3-10)13-9-17(19,20)16(21)15(13)14/h2-7,16,21H,8-9H2,1H3. The van der Waals surface area contributed by atoms with Crippen LogP contribution in [-0.2, 0) is 22.7 Å². The molecule has 2 aromatic rings. The minimum atomic E-state index is -3.75. The molecule has 0 bridgehead atoms. The predicted octanol–water partition coefficient (Wildman–Crippen LogP) is 3.04. The van der Waals surface area contributed by atoms with Gasteiger partial charge in [-0.15, -0.1) is 0 Å². The first-order valence-corrected chi connectivity index (χ1v) is 9.14. The molecule has 0 saturated heterocycles. The zero-order valence-electron chi connectivity index (χ0n) is 12.8. The topological polar surface area (TPSA) is 54.4 Å². The Kier molecular flexibility index (Phi) is 3.96. The van der Waals surface area contributed by atoms with Gasteiger partial charge in [0.15, 0.2) is 9.84 Å². The number of sulfone groups is 1. The van der Waals surface area contributed by atoms with Crippen LogP contribution in [0.5, 0.6) is 0 Å². The average molecular weight is 356 g/mol. The van der Waals surface area contributed by atoms with Crippen LogP contribution in [0.2, 0.25) is 0 Å². The van der Waals surface area contributed by atoms with Gasteiger partial charge in [-0.3, -0.25) is 0 Å². The molecule has 0 heterocycles. The molecular weight excluding hydrogens is 341 g/mol. The quantitative estimate of drug-likeness (QED) is 0.920. The molecule has 2 aromatic carbocycles. The third-order valence-corrected chi connectivity index (χ3v) is 5.36. The van der Waals surface area contributed by atoms with Crippen LogP contribution in [0.25, 0.3) is 0 Å². The number of hydrogen-bond acceptors (Lipinski definition) is 3. The summed E-state index contributed by atoms with van der Waals surface area (Å²) in [5.41, 5.74) is 1.14. The summed E-state index contributed by atoms with van der Waals surface area (Å²) in [5.74, 6) is -3.82. The van der Waals surface area contributed by atoms with E-state index in [9.17, 15) is 26.7 Å². The van der Waals surface area contributed by atoms with Gasteiger partial charge in [0.05, 0.1) is 4.90 Å². The van der Waals surface area contributed by atoms with Crippen molar-refractivity contribution in [2.24, 2.45) is 0 Å². The van der Waals surface area contributed by atoms with Crippen molar-refractivity contribution in [3.8, 4) is 0 Å².